The van der Waals surface area contributed by atoms with E-state index in [-0.39, 0.29) is 6.04 Å². The van der Waals surface area contributed by atoms with Crippen LogP contribution in [-0.2, 0) is 6.54 Å². The monoisotopic (exact) mass is 208 g/mol. The molecule has 0 bridgehead atoms. The Morgan fingerprint density at radius 1 is 1.67 bits per heavy atom. The first-order chi connectivity index (χ1) is 7.27. The summed E-state index contributed by atoms with van der Waals surface area (Å²) in [5.41, 5.74) is 7.20. The molecule has 2 rings (SSSR count). The summed E-state index contributed by atoms with van der Waals surface area (Å²) in [5, 5.41) is 0. The minimum atomic E-state index is 0.258. The van der Waals surface area contributed by atoms with Gasteiger partial charge in [0, 0.05) is 30.5 Å². The zero-order valence-electron chi connectivity index (χ0n) is 9.32. The van der Waals surface area contributed by atoms with E-state index in [1.807, 2.05) is 6.20 Å². The molecule has 84 valence electrons. The molecule has 1 fully saturated rings. The van der Waals surface area contributed by atoms with Gasteiger partial charge in [-0.05, 0) is 26.3 Å². The van der Waals surface area contributed by atoms with Gasteiger partial charge < -0.3 is 10.7 Å². The number of imidazole rings is 1. The van der Waals surface area contributed by atoms with Crippen LogP contribution in [-0.4, -0.2) is 33.5 Å². The van der Waals surface area contributed by atoms with Crippen molar-refractivity contribution < 1.29 is 0 Å². The Bertz CT molecular complexity index is 281. The van der Waals surface area contributed by atoms with Crippen LogP contribution in [0.15, 0.2) is 12.5 Å². The van der Waals surface area contributed by atoms with E-state index in [2.05, 4.69) is 21.8 Å². The van der Waals surface area contributed by atoms with Gasteiger partial charge in [0.25, 0.3) is 0 Å². The highest BCUT2D eigenvalue weighted by Gasteiger charge is 2.25. The van der Waals surface area contributed by atoms with E-state index in [9.17, 15) is 0 Å². The lowest BCUT2D eigenvalue weighted by Crippen LogP contribution is -2.48. The number of rotatable bonds is 3. The van der Waals surface area contributed by atoms with Crippen LogP contribution in [0.3, 0.4) is 0 Å². The fraction of sp³-hybridized carbons (Fsp3) is 0.727. The van der Waals surface area contributed by atoms with Gasteiger partial charge in [0.2, 0.25) is 0 Å². The molecule has 1 aliphatic rings. The predicted octanol–water partition coefficient (Wildman–Crippen LogP) is 1.11. The Hall–Kier alpha value is -0.870. The van der Waals surface area contributed by atoms with Crippen LogP contribution in [0.1, 0.15) is 31.9 Å². The number of nitrogens with two attached hydrogens (primary N) is 1. The molecule has 0 aromatic carbocycles. The molecule has 0 radical (unpaired) electrons. The first-order valence-corrected chi connectivity index (χ1v) is 5.74. The molecule has 1 aromatic rings. The van der Waals surface area contributed by atoms with Gasteiger partial charge in [-0.3, -0.25) is 4.90 Å². The first kappa shape index (κ1) is 10.6. The third kappa shape index (κ3) is 2.58. The summed E-state index contributed by atoms with van der Waals surface area (Å²) >= 11 is 0. The minimum Gasteiger partial charge on any atom is -0.347 e. The molecule has 0 aliphatic carbocycles. The van der Waals surface area contributed by atoms with Crippen LogP contribution < -0.4 is 5.73 Å². The number of aromatic nitrogens is 2. The fourth-order valence-electron chi connectivity index (χ4n) is 2.40. The number of likely N-dealkylation sites (tertiary alicyclic amines) is 1. The molecule has 15 heavy (non-hydrogen) atoms. The molecule has 4 nitrogen and oxygen atoms in total. The highest BCUT2D eigenvalue weighted by molar-refractivity contribution is 4.96. The van der Waals surface area contributed by atoms with Crippen LogP contribution in [0.5, 0.6) is 0 Å². The summed E-state index contributed by atoms with van der Waals surface area (Å²) in [6, 6.07) is 0.787. The number of H-pyrrole nitrogens is 1. The number of nitrogens with zero attached hydrogens (tertiary/aromatic N) is 2. The van der Waals surface area contributed by atoms with Gasteiger partial charge in [-0.2, -0.15) is 0 Å². The van der Waals surface area contributed by atoms with Gasteiger partial charge in [0.15, 0.2) is 0 Å². The van der Waals surface area contributed by atoms with E-state index in [4.69, 9.17) is 5.73 Å². The van der Waals surface area contributed by atoms with Crippen molar-refractivity contribution in [3.05, 3.63) is 18.2 Å². The van der Waals surface area contributed by atoms with Crippen molar-refractivity contribution in [3.8, 4) is 0 Å². The Morgan fingerprint density at radius 3 is 3.20 bits per heavy atom. The van der Waals surface area contributed by atoms with E-state index < -0.39 is 0 Å². The van der Waals surface area contributed by atoms with Crippen LogP contribution in [0.25, 0.3) is 0 Å². The lowest BCUT2D eigenvalue weighted by molar-refractivity contribution is 0.121. The molecule has 2 heterocycles. The average molecular weight is 208 g/mol. The van der Waals surface area contributed by atoms with Crippen LogP contribution >= 0.6 is 0 Å². The van der Waals surface area contributed by atoms with Crippen LogP contribution in [0.2, 0.25) is 0 Å². The largest absolute Gasteiger partial charge is 0.347 e. The number of nitrogens with one attached hydrogen (secondary N) is 1. The van der Waals surface area contributed by atoms with Crippen molar-refractivity contribution in [2.24, 2.45) is 5.73 Å². The fourth-order valence-corrected chi connectivity index (χ4v) is 2.40. The van der Waals surface area contributed by atoms with Gasteiger partial charge in [-0.1, -0.05) is 6.42 Å². The number of piperidine rings is 1. The third-order valence-corrected chi connectivity index (χ3v) is 3.20. The molecule has 1 aliphatic heterocycles. The molecule has 0 saturated carbocycles. The van der Waals surface area contributed by atoms with Crippen molar-refractivity contribution in [1.82, 2.24) is 14.9 Å². The van der Waals surface area contributed by atoms with Crippen molar-refractivity contribution >= 4 is 0 Å². The topological polar surface area (TPSA) is 57.9 Å². The maximum Gasteiger partial charge on any atom is 0.0922 e. The number of hydrogen-bond acceptors (Lipinski definition) is 3. The summed E-state index contributed by atoms with van der Waals surface area (Å²) < 4.78 is 0. The van der Waals surface area contributed by atoms with Crippen LogP contribution in [0, 0.1) is 0 Å². The van der Waals surface area contributed by atoms with E-state index in [1.165, 1.54) is 25.0 Å². The second kappa shape index (κ2) is 4.77. The SMILES string of the molecule is CC(N)C1CCCCN1Cc1cnc[nH]1. The zero-order valence-corrected chi connectivity index (χ0v) is 9.32. The highest BCUT2D eigenvalue weighted by Crippen LogP contribution is 2.20. The molecular weight excluding hydrogens is 188 g/mol. The second-order valence-electron chi connectivity index (χ2n) is 4.47. The summed E-state index contributed by atoms with van der Waals surface area (Å²) in [7, 11) is 0. The molecule has 2 unspecified atom stereocenters. The van der Waals surface area contributed by atoms with Crippen LogP contribution in [0.4, 0.5) is 0 Å². The van der Waals surface area contributed by atoms with E-state index in [0.29, 0.717) is 6.04 Å². The number of aromatic amines is 1. The molecule has 1 saturated heterocycles. The van der Waals surface area contributed by atoms with E-state index >= 15 is 0 Å². The van der Waals surface area contributed by atoms with Gasteiger partial charge in [-0.15, -0.1) is 0 Å². The molecule has 3 N–H and O–H groups in total. The quantitative estimate of drug-likeness (QED) is 0.782. The Morgan fingerprint density at radius 2 is 2.53 bits per heavy atom. The van der Waals surface area contributed by atoms with Gasteiger partial charge in [-0.25, -0.2) is 4.98 Å². The average Bonchev–Trinajstić information content (AvgIpc) is 2.71. The maximum atomic E-state index is 6.02. The predicted molar refractivity (Wildman–Crippen MR) is 60.3 cm³/mol. The van der Waals surface area contributed by atoms with Crippen molar-refractivity contribution in [3.63, 3.8) is 0 Å². The Labute approximate surface area is 90.9 Å². The first-order valence-electron chi connectivity index (χ1n) is 5.74. The summed E-state index contributed by atoms with van der Waals surface area (Å²) in [6.45, 7) is 4.22. The third-order valence-electron chi connectivity index (χ3n) is 3.20. The lowest BCUT2D eigenvalue weighted by Gasteiger charge is -2.37. The highest BCUT2D eigenvalue weighted by atomic mass is 15.2. The Balaban J connectivity index is 1.99. The number of hydrogen-bond donors (Lipinski definition) is 2. The van der Waals surface area contributed by atoms with Gasteiger partial charge in [0.1, 0.15) is 0 Å². The summed E-state index contributed by atoms with van der Waals surface area (Å²) in [5.74, 6) is 0. The molecule has 1 aromatic heterocycles. The molecular formula is C11H20N4. The summed E-state index contributed by atoms with van der Waals surface area (Å²) in [6.07, 6.45) is 7.46. The molecule has 4 heteroatoms. The normalized spacial score (nSPS) is 25.3. The summed E-state index contributed by atoms with van der Waals surface area (Å²) in [4.78, 5) is 9.67. The zero-order chi connectivity index (χ0) is 10.7. The lowest BCUT2D eigenvalue weighted by atomic mass is 9.97. The maximum absolute atomic E-state index is 6.02. The molecule has 0 amide bonds. The smallest absolute Gasteiger partial charge is 0.0922 e. The van der Waals surface area contributed by atoms with E-state index in [0.717, 1.165) is 13.1 Å². The minimum absolute atomic E-state index is 0.258. The van der Waals surface area contributed by atoms with Crippen molar-refractivity contribution in [2.75, 3.05) is 6.54 Å². The van der Waals surface area contributed by atoms with Crippen molar-refractivity contribution in [1.29, 1.82) is 0 Å². The van der Waals surface area contributed by atoms with Gasteiger partial charge in [0.05, 0.1) is 6.33 Å². The van der Waals surface area contributed by atoms with Crippen molar-refractivity contribution in [2.45, 2.75) is 44.8 Å². The van der Waals surface area contributed by atoms with E-state index in [1.54, 1.807) is 6.33 Å². The second-order valence-corrected chi connectivity index (χ2v) is 4.47. The molecule has 0 spiro atoms. The standard InChI is InChI=1S/C11H20N4/c1-9(12)11-4-2-3-5-15(11)7-10-6-13-8-14-10/h6,8-9,11H,2-5,7,12H2,1H3,(H,13,14). The molecule has 2 atom stereocenters. The van der Waals surface area contributed by atoms with Gasteiger partial charge >= 0.3 is 0 Å². The Kier molecular flexibility index (Phi) is 3.38.